The molecule has 1 saturated carbocycles. The van der Waals surface area contributed by atoms with Crippen molar-refractivity contribution in [2.24, 2.45) is 5.73 Å². The molecule has 0 unspecified atom stereocenters. The molecule has 0 radical (unpaired) electrons. The summed E-state index contributed by atoms with van der Waals surface area (Å²) in [7, 11) is 0. The number of hydrogen-bond donors (Lipinski definition) is 2. The van der Waals surface area contributed by atoms with Crippen molar-refractivity contribution in [3.63, 3.8) is 0 Å². The van der Waals surface area contributed by atoms with Crippen molar-refractivity contribution in [2.75, 3.05) is 13.2 Å². The molecule has 92 valence electrons. The number of ether oxygens (including phenoxy) is 2. The summed E-state index contributed by atoms with van der Waals surface area (Å²) in [4.78, 5) is 0. The summed E-state index contributed by atoms with van der Waals surface area (Å²) < 4.78 is 11.1. The minimum atomic E-state index is -0.114. The fourth-order valence-electron chi connectivity index (χ4n) is 2.10. The Morgan fingerprint density at radius 2 is 1.82 bits per heavy atom. The molecule has 2 aliphatic rings. The lowest BCUT2D eigenvalue weighted by Crippen LogP contribution is -2.24. The predicted octanol–water partition coefficient (Wildman–Crippen LogP) is 1.59. The van der Waals surface area contributed by atoms with E-state index in [2.05, 4.69) is 0 Å². The van der Waals surface area contributed by atoms with Crippen LogP contribution in [0.3, 0.4) is 0 Å². The summed E-state index contributed by atoms with van der Waals surface area (Å²) in [6, 6.07) is 3.50. The monoisotopic (exact) mass is 235 g/mol. The molecular weight excluding hydrogens is 218 g/mol. The van der Waals surface area contributed by atoms with E-state index in [0.717, 1.165) is 30.6 Å². The lowest BCUT2D eigenvalue weighted by atomic mass is 10.0. The van der Waals surface area contributed by atoms with Gasteiger partial charge in [-0.2, -0.15) is 0 Å². The number of hydrogen-bond acceptors (Lipinski definition) is 4. The van der Waals surface area contributed by atoms with Crippen LogP contribution in [-0.2, 0) is 6.42 Å². The molecular formula is C13H17NO3. The van der Waals surface area contributed by atoms with Gasteiger partial charge in [0, 0.05) is 18.0 Å². The average molecular weight is 235 g/mol. The molecule has 0 spiro atoms. The van der Waals surface area contributed by atoms with E-state index in [-0.39, 0.29) is 11.3 Å². The van der Waals surface area contributed by atoms with E-state index in [1.807, 2.05) is 6.07 Å². The first-order valence-corrected chi connectivity index (χ1v) is 6.07. The predicted molar refractivity (Wildman–Crippen MR) is 63.6 cm³/mol. The molecule has 4 nitrogen and oxygen atoms in total. The molecule has 1 aromatic carbocycles. The summed E-state index contributed by atoms with van der Waals surface area (Å²) in [6.45, 7) is 1.29. The first-order valence-electron chi connectivity index (χ1n) is 6.07. The van der Waals surface area contributed by atoms with Crippen LogP contribution < -0.4 is 15.2 Å². The maximum atomic E-state index is 9.96. The van der Waals surface area contributed by atoms with Gasteiger partial charge in [0.2, 0.25) is 0 Å². The van der Waals surface area contributed by atoms with Crippen molar-refractivity contribution in [1.29, 1.82) is 0 Å². The zero-order valence-corrected chi connectivity index (χ0v) is 9.74. The highest BCUT2D eigenvalue weighted by molar-refractivity contribution is 5.51. The Hall–Kier alpha value is -1.42. The van der Waals surface area contributed by atoms with Crippen molar-refractivity contribution in [2.45, 2.75) is 31.2 Å². The number of phenols is 1. The number of nitrogens with two attached hydrogens (primary N) is 1. The van der Waals surface area contributed by atoms with Gasteiger partial charge in [0.25, 0.3) is 0 Å². The molecule has 0 atom stereocenters. The Bertz CT molecular complexity index is 441. The number of benzene rings is 1. The van der Waals surface area contributed by atoms with E-state index >= 15 is 0 Å². The Labute approximate surface area is 100 Å². The topological polar surface area (TPSA) is 64.7 Å². The van der Waals surface area contributed by atoms with Crippen LogP contribution in [0.4, 0.5) is 0 Å². The molecule has 0 amide bonds. The summed E-state index contributed by atoms with van der Waals surface area (Å²) in [5.74, 6) is 1.61. The van der Waals surface area contributed by atoms with E-state index in [1.165, 1.54) is 0 Å². The standard InChI is InChI=1S/C13H17NO3/c14-13(2-3-13)8-9-6-11-12(7-10(9)15)17-5-1-4-16-11/h6-7,15H,1-5,8,14H2. The fourth-order valence-corrected chi connectivity index (χ4v) is 2.10. The average Bonchev–Trinajstić information content (AvgIpc) is 3.04. The van der Waals surface area contributed by atoms with Gasteiger partial charge < -0.3 is 20.3 Å². The number of fused-ring (bicyclic) bond motifs is 1. The van der Waals surface area contributed by atoms with Crippen LogP contribution >= 0.6 is 0 Å². The third kappa shape index (κ3) is 2.17. The van der Waals surface area contributed by atoms with Crippen LogP contribution in [0.2, 0.25) is 0 Å². The molecule has 17 heavy (non-hydrogen) atoms. The lowest BCUT2D eigenvalue weighted by Gasteiger charge is -2.14. The minimum Gasteiger partial charge on any atom is -0.508 e. The number of aromatic hydroxyl groups is 1. The zero-order chi connectivity index (χ0) is 11.9. The van der Waals surface area contributed by atoms with E-state index in [0.29, 0.717) is 25.4 Å². The molecule has 1 aliphatic heterocycles. The highest BCUT2D eigenvalue weighted by Gasteiger charge is 2.38. The van der Waals surface area contributed by atoms with Gasteiger partial charge in [-0.25, -0.2) is 0 Å². The van der Waals surface area contributed by atoms with E-state index in [4.69, 9.17) is 15.2 Å². The van der Waals surface area contributed by atoms with Gasteiger partial charge >= 0.3 is 0 Å². The summed E-state index contributed by atoms with van der Waals surface area (Å²) in [5.41, 5.74) is 6.81. The van der Waals surface area contributed by atoms with Gasteiger partial charge in [-0.15, -0.1) is 0 Å². The second-order valence-electron chi connectivity index (χ2n) is 5.02. The summed E-state index contributed by atoms with van der Waals surface area (Å²) in [5, 5.41) is 9.96. The Kier molecular flexibility index (Phi) is 2.40. The van der Waals surface area contributed by atoms with Gasteiger partial charge in [0.05, 0.1) is 13.2 Å². The van der Waals surface area contributed by atoms with Gasteiger partial charge in [0.1, 0.15) is 5.75 Å². The maximum Gasteiger partial charge on any atom is 0.164 e. The quantitative estimate of drug-likeness (QED) is 0.817. The molecule has 1 fully saturated rings. The van der Waals surface area contributed by atoms with Crippen LogP contribution in [0.1, 0.15) is 24.8 Å². The van der Waals surface area contributed by atoms with E-state index in [1.54, 1.807) is 6.07 Å². The Morgan fingerprint density at radius 3 is 2.47 bits per heavy atom. The van der Waals surface area contributed by atoms with Crippen molar-refractivity contribution in [3.8, 4) is 17.2 Å². The molecule has 1 aromatic rings. The zero-order valence-electron chi connectivity index (χ0n) is 9.74. The van der Waals surface area contributed by atoms with Crippen LogP contribution in [0.25, 0.3) is 0 Å². The van der Waals surface area contributed by atoms with E-state index in [9.17, 15) is 5.11 Å². The van der Waals surface area contributed by atoms with Crippen LogP contribution in [0.15, 0.2) is 12.1 Å². The number of rotatable bonds is 2. The van der Waals surface area contributed by atoms with E-state index < -0.39 is 0 Å². The normalized spacial score (nSPS) is 20.8. The number of phenolic OH excluding ortho intramolecular Hbond substituents is 1. The SMILES string of the molecule is NC1(Cc2cc3c(cc2O)OCCCO3)CC1. The fraction of sp³-hybridized carbons (Fsp3) is 0.538. The largest absolute Gasteiger partial charge is 0.508 e. The molecule has 3 rings (SSSR count). The maximum absolute atomic E-state index is 9.96. The molecule has 1 aliphatic carbocycles. The Morgan fingerprint density at radius 1 is 1.18 bits per heavy atom. The third-order valence-electron chi connectivity index (χ3n) is 3.38. The highest BCUT2D eigenvalue weighted by atomic mass is 16.5. The molecule has 4 heteroatoms. The summed E-state index contributed by atoms with van der Waals surface area (Å²) in [6.07, 6.45) is 3.63. The highest BCUT2D eigenvalue weighted by Crippen LogP contribution is 2.41. The molecule has 1 heterocycles. The molecule has 0 bridgehead atoms. The van der Waals surface area contributed by atoms with Crippen LogP contribution in [0.5, 0.6) is 17.2 Å². The van der Waals surface area contributed by atoms with Gasteiger partial charge in [-0.1, -0.05) is 0 Å². The van der Waals surface area contributed by atoms with Crippen LogP contribution in [-0.4, -0.2) is 23.9 Å². The molecule has 3 N–H and O–H groups in total. The van der Waals surface area contributed by atoms with Crippen molar-refractivity contribution in [1.82, 2.24) is 0 Å². The van der Waals surface area contributed by atoms with Crippen LogP contribution in [0, 0.1) is 0 Å². The van der Waals surface area contributed by atoms with Crippen molar-refractivity contribution >= 4 is 0 Å². The van der Waals surface area contributed by atoms with Gasteiger partial charge in [-0.3, -0.25) is 0 Å². The first kappa shape index (κ1) is 10.7. The second-order valence-corrected chi connectivity index (χ2v) is 5.02. The van der Waals surface area contributed by atoms with Gasteiger partial charge in [0.15, 0.2) is 11.5 Å². The van der Waals surface area contributed by atoms with Gasteiger partial charge in [-0.05, 0) is 30.9 Å². The Balaban J connectivity index is 1.91. The molecule has 0 saturated heterocycles. The molecule has 0 aromatic heterocycles. The smallest absolute Gasteiger partial charge is 0.164 e. The summed E-state index contributed by atoms with van der Waals surface area (Å²) >= 11 is 0. The lowest BCUT2D eigenvalue weighted by molar-refractivity contribution is 0.296. The van der Waals surface area contributed by atoms with Crippen molar-refractivity contribution < 1.29 is 14.6 Å². The first-order chi connectivity index (χ1) is 8.16. The third-order valence-corrected chi connectivity index (χ3v) is 3.38. The second kappa shape index (κ2) is 3.81. The van der Waals surface area contributed by atoms with Crippen molar-refractivity contribution in [3.05, 3.63) is 17.7 Å². The minimum absolute atomic E-state index is 0.114.